The molecule has 0 bridgehead atoms. The number of benzene rings is 6. The first-order valence-corrected chi connectivity index (χ1v) is 14.6. The Morgan fingerprint density at radius 2 is 1.18 bits per heavy atom. The van der Waals surface area contributed by atoms with E-state index in [1.165, 1.54) is 0 Å². The van der Waals surface area contributed by atoms with Gasteiger partial charge in [-0.15, -0.1) is 0 Å². The largest absolute Gasteiger partial charge is 0.453 e. The van der Waals surface area contributed by atoms with Crippen LogP contribution in [0.3, 0.4) is 0 Å². The van der Waals surface area contributed by atoms with Gasteiger partial charge in [0.05, 0.1) is 33.3 Å². The Bertz CT molecular complexity index is 2460. The Balaban J connectivity index is 1.35. The summed E-state index contributed by atoms with van der Waals surface area (Å²) in [6.45, 7) is 0. The Morgan fingerprint density at radius 3 is 2.00 bits per heavy atom. The van der Waals surface area contributed by atoms with Crippen molar-refractivity contribution in [3.05, 3.63) is 133 Å². The molecule has 0 spiro atoms. The van der Waals surface area contributed by atoms with Gasteiger partial charge < -0.3 is 9.47 Å². The second-order valence-electron chi connectivity index (χ2n) is 11.0. The first-order valence-electron chi connectivity index (χ1n) is 14.6. The SMILES string of the molecule is c1ccc(-c2nc(-n3c4ccccc4c4c5c6c(cc43)Oc3ccccc3N6c3ccccc3O5)c3ccccc3n2)cc1. The second-order valence-corrected chi connectivity index (χ2v) is 11.0. The number of aromatic nitrogens is 3. The van der Waals surface area contributed by atoms with Crippen LogP contribution in [-0.4, -0.2) is 14.5 Å². The zero-order chi connectivity index (χ0) is 28.8. The van der Waals surface area contributed by atoms with Crippen LogP contribution in [0.15, 0.2) is 133 Å². The van der Waals surface area contributed by atoms with Crippen LogP contribution in [-0.2, 0) is 0 Å². The minimum Gasteiger partial charge on any atom is -0.453 e. The summed E-state index contributed by atoms with van der Waals surface area (Å²) < 4.78 is 15.7. The van der Waals surface area contributed by atoms with E-state index in [2.05, 4.69) is 58.0 Å². The molecule has 0 N–H and O–H groups in total. The third-order valence-electron chi connectivity index (χ3n) is 8.55. The maximum atomic E-state index is 6.82. The minimum atomic E-state index is 0.672. The first-order chi connectivity index (χ1) is 21.8. The van der Waals surface area contributed by atoms with Crippen LogP contribution in [0.4, 0.5) is 17.1 Å². The fourth-order valence-corrected chi connectivity index (χ4v) is 6.68. The first kappa shape index (κ1) is 23.4. The van der Waals surface area contributed by atoms with Gasteiger partial charge >= 0.3 is 0 Å². The quantitative estimate of drug-likeness (QED) is 0.208. The third-order valence-corrected chi connectivity index (χ3v) is 8.55. The van der Waals surface area contributed by atoms with Crippen molar-refractivity contribution in [3.8, 4) is 40.2 Å². The number of hydrogen-bond donors (Lipinski definition) is 0. The maximum Gasteiger partial charge on any atom is 0.165 e. The Labute approximate surface area is 252 Å². The lowest BCUT2D eigenvalue weighted by molar-refractivity contribution is 0.450. The lowest BCUT2D eigenvalue weighted by Gasteiger charge is -2.38. The summed E-state index contributed by atoms with van der Waals surface area (Å²) in [5.41, 5.74) is 6.67. The second kappa shape index (κ2) is 8.69. The van der Waals surface area contributed by atoms with Crippen molar-refractivity contribution in [1.82, 2.24) is 14.5 Å². The van der Waals surface area contributed by atoms with Crippen LogP contribution in [0.5, 0.6) is 23.0 Å². The number of nitrogens with zero attached hydrogens (tertiary/aromatic N) is 4. The summed E-state index contributed by atoms with van der Waals surface area (Å²) in [5.74, 6) is 4.56. The third kappa shape index (κ3) is 3.14. The molecule has 4 heterocycles. The van der Waals surface area contributed by atoms with Gasteiger partial charge in [-0.3, -0.25) is 9.47 Å². The number of ether oxygens (including phenoxy) is 2. The molecule has 2 aromatic heterocycles. The number of rotatable bonds is 2. The summed E-state index contributed by atoms with van der Waals surface area (Å²) in [6.07, 6.45) is 0. The molecule has 8 aromatic rings. The summed E-state index contributed by atoms with van der Waals surface area (Å²) in [6, 6.07) is 45.2. The smallest absolute Gasteiger partial charge is 0.165 e. The van der Waals surface area contributed by atoms with Crippen LogP contribution < -0.4 is 14.4 Å². The summed E-state index contributed by atoms with van der Waals surface area (Å²) in [4.78, 5) is 12.5. The molecule has 0 fully saturated rings. The molecule has 0 saturated carbocycles. The Morgan fingerprint density at radius 1 is 0.523 bits per heavy atom. The normalized spacial score (nSPS) is 12.9. The highest BCUT2D eigenvalue weighted by atomic mass is 16.5. The van der Waals surface area contributed by atoms with E-state index < -0.39 is 0 Å². The average molecular weight is 567 g/mol. The van der Waals surface area contributed by atoms with Crippen molar-refractivity contribution in [2.24, 2.45) is 0 Å². The molecular weight excluding hydrogens is 544 g/mol. The van der Waals surface area contributed by atoms with E-state index in [0.717, 1.165) is 84.2 Å². The highest BCUT2D eigenvalue weighted by Crippen LogP contribution is 2.62. The molecule has 0 amide bonds. The summed E-state index contributed by atoms with van der Waals surface area (Å²) >= 11 is 0. The Hall–Kier alpha value is -6.14. The summed E-state index contributed by atoms with van der Waals surface area (Å²) in [5, 5.41) is 3.04. The van der Waals surface area contributed by atoms with E-state index >= 15 is 0 Å². The molecule has 0 unspecified atom stereocenters. The zero-order valence-electron chi connectivity index (χ0n) is 23.3. The predicted molar refractivity (Wildman–Crippen MR) is 174 cm³/mol. The zero-order valence-corrected chi connectivity index (χ0v) is 23.3. The maximum absolute atomic E-state index is 6.82. The Kier molecular flexibility index (Phi) is 4.63. The van der Waals surface area contributed by atoms with Crippen LogP contribution in [0, 0.1) is 0 Å². The van der Waals surface area contributed by atoms with E-state index in [4.69, 9.17) is 19.4 Å². The topological polar surface area (TPSA) is 52.4 Å². The van der Waals surface area contributed by atoms with E-state index in [-0.39, 0.29) is 0 Å². The molecule has 206 valence electrons. The number of fused-ring (bicyclic) bond motifs is 9. The molecular formula is C38H22N4O2. The van der Waals surface area contributed by atoms with Crippen molar-refractivity contribution < 1.29 is 9.47 Å². The number of anilines is 3. The molecule has 0 saturated heterocycles. The van der Waals surface area contributed by atoms with Gasteiger partial charge in [0, 0.05) is 22.4 Å². The van der Waals surface area contributed by atoms with Crippen molar-refractivity contribution in [2.45, 2.75) is 0 Å². The number of para-hydroxylation sites is 6. The van der Waals surface area contributed by atoms with Gasteiger partial charge in [0.2, 0.25) is 0 Å². The van der Waals surface area contributed by atoms with E-state index in [1.54, 1.807) is 0 Å². The monoisotopic (exact) mass is 566 g/mol. The molecule has 0 radical (unpaired) electrons. The van der Waals surface area contributed by atoms with Gasteiger partial charge in [-0.05, 0) is 42.5 Å². The molecule has 10 rings (SSSR count). The molecule has 0 atom stereocenters. The van der Waals surface area contributed by atoms with Gasteiger partial charge in [-0.25, -0.2) is 9.97 Å². The van der Waals surface area contributed by atoms with Gasteiger partial charge in [-0.1, -0.05) is 84.9 Å². The average Bonchev–Trinajstić information content (AvgIpc) is 3.42. The number of hydrogen-bond acceptors (Lipinski definition) is 5. The molecule has 2 aliphatic heterocycles. The van der Waals surface area contributed by atoms with Crippen molar-refractivity contribution in [3.63, 3.8) is 0 Å². The lowest BCUT2D eigenvalue weighted by Crippen LogP contribution is -2.20. The van der Waals surface area contributed by atoms with Gasteiger partial charge in [0.25, 0.3) is 0 Å². The minimum absolute atomic E-state index is 0.672. The molecule has 6 nitrogen and oxygen atoms in total. The molecule has 44 heavy (non-hydrogen) atoms. The fourth-order valence-electron chi connectivity index (χ4n) is 6.68. The van der Waals surface area contributed by atoms with E-state index in [0.29, 0.717) is 5.82 Å². The van der Waals surface area contributed by atoms with E-state index in [1.807, 2.05) is 84.9 Å². The fraction of sp³-hybridized carbons (Fsp3) is 0. The van der Waals surface area contributed by atoms with Crippen molar-refractivity contribution >= 4 is 49.8 Å². The van der Waals surface area contributed by atoms with Crippen molar-refractivity contribution in [1.29, 1.82) is 0 Å². The highest BCUT2D eigenvalue weighted by Gasteiger charge is 2.37. The lowest BCUT2D eigenvalue weighted by atomic mass is 10.0. The molecule has 0 aliphatic carbocycles. The van der Waals surface area contributed by atoms with Gasteiger partial charge in [0.15, 0.2) is 28.8 Å². The standard InChI is InChI=1S/C38H22N4O2/c1-2-12-23(13-3-1)37-39-26-16-6-4-14-24(26)38(40-37)42-27-17-7-5-15-25(27)34-30(42)22-33-35-36(34)44-32-21-11-9-19-29(32)41(35)28-18-8-10-20-31(28)43-33/h1-22H. The highest BCUT2D eigenvalue weighted by molar-refractivity contribution is 6.17. The van der Waals surface area contributed by atoms with Crippen LogP contribution in [0.2, 0.25) is 0 Å². The van der Waals surface area contributed by atoms with Crippen LogP contribution in [0.1, 0.15) is 0 Å². The van der Waals surface area contributed by atoms with Crippen LogP contribution >= 0.6 is 0 Å². The van der Waals surface area contributed by atoms with Gasteiger partial charge in [0.1, 0.15) is 11.5 Å². The predicted octanol–water partition coefficient (Wildman–Crippen LogP) is 10.1. The molecule has 6 heteroatoms. The van der Waals surface area contributed by atoms with E-state index in [9.17, 15) is 0 Å². The molecule has 6 aromatic carbocycles. The molecule has 2 aliphatic rings. The summed E-state index contributed by atoms with van der Waals surface area (Å²) in [7, 11) is 0. The van der Waals surface area contributed by atoms with Crippen LogP contribution in [0.25, 0.3) is 49.9 Å². The van der Waals surface area contributed by atoms with Crippen molar-refractivity contribution in [2.75, 3.05) is 4.90 Å². The van der Waals surface area contributed by atoms with Gasteiger partial charge in [-0.2, -0.15) is 0 Å².